The second kappa shape index (κ2) is 7.84. The summed E-state index contributed by atoms with van der Waals surface area (Å²) in [4.78, 5) is 16.4. The first kappa shape index (κ1) is 19.0. The number of benzene rings is 1. The van der Waals surface area contributed by atoms with Crippen molar-refractivity contribution in [1.29, 1.82) is 0 Å². The average molecular weight is 399 g/mol. The summed E-state index contributed by atoms with van der Waals surface area (Å²) in [7, 11) is 0. The zero-order chi connectivity index (χ0) is 19.4. The van der Waals surface area contributed by atoms with Crippen LogP contribution >= 0.6 is 11.5 Å². The first-order valence-corrected chi connectivity index (χ1v) is 8.42. The highest BCUT2D eigenvalue weighted by molar-refractivity contribution is 7.10. The largest absolute Gasteiger partial charge is 0.434 e. The summed E-state index contributed by atoms with van der Waals surface area (Å²) < 4.78 is 54.0. The second-order valence-electron chi connectivity index (χ2n) is 5.47. The van der Waals surface area contributed by atoms with E-state index in [0.29, 0.717) is 18.1 Å². The molecule has 0 spiro atoms. The number of alkyl halides is 3. The van der Waals surface area contributed by atoms with Crippen LogP contribution in [0.2, 0.25) is 0 Å². The molecular weight excluding hydrogens is 386 g/mol. The number of hydrogen-bond acceptors (Lipinski definition) is 6. The molecule has 1 atom stereocenters. The third-order valence-corrected chi connectivity index (χ3v) is 4.22. The van der Waals surface area contributed by atoms with Gasteiger partial charge >= 0.3 is 6.18 Å². The summed E-state index contributed by atoms with van der Waals surface area (Å²) >= 11 is 0.530. The highest BCUT2D eigenvalue weighted by Gasteiger charge is 2.34. The summed E-state index contributed by atoms with van der Waals surface area (Å²) in [5, 5.41) is 8.25. The van der Waals surface area contributed by atoms with Crippen molar-refractivity contribution in [1.82, 2.24) is 15.0 Å². The number of halogens is 4. The van der Waals surface area contributed by atoms with Gasteiger partial charge in [-0.2, -0.15) is 17.5 Å². The van der Waals surface area contributed by atoms with E-state index in [1.54, 1.807) is 12.1 Å². The molecule has 3 N–H and O–H groups in total. The number of rotatable bonds is 5. The fourth-order valence-corrected chi connectivity index (χ4v) is 2.88. The van der Waals surface area contributed by atoms with Crippen molar-refractivity contribution in [3.63, 3.8) is 0 Å². The highest BCUT2D eigenvalue weighted by Crippen LogP contribution is 2.31. The quantitative estimate of drug-likeness (QED) is 0.676. The van der Waals surface area contributed by atoms with Gasteiger partial charge in [0.25, 0.3) is 5.91 Å². The van der Waals surface area contributed by atoms with E-state index < -0.39 is 23.9 Å². The predicted molar refractivity (Wildman–Crippen MR) is 92.5 cm³/mol. The van der Waals surface area contributed by atoms with Gasteiger partial charge in [0.2, 0.25) is 0 Å². The molecule has 1 aromatic carbocycles. The minimum Gasteiger partial charge on any atom is -0.369 e. The molecular formula is C16H13F4N5OS. The SMILES string of the molecule is O=C(Nc1cc(C(F)(F)F)ns1)C1=NC=CNC1NCc1ccc(F)cc1. The van der Waals surface area contributed by atoms with Crippen molar-refractivity contribution in [2.45, 2.75) is 18.9 Å². The number of anilines is 1. The molecule has 0 saturated heterocycles. The molecule has 0 fully saturated rings. The maximum Gasteiger partial charge on any atom is 0.434 e. The number of aliphatic imine (C=N–C) groups is 1. The van der Waals surface area contributed by atoms with Crippen LogP contribution in [0.5, 0.6) is 0 Å². The van der Waals surface area contributed by atoms with Crippen LogP contribution in [-0.4, -0.2) is 22.2 Å². The molecule has 0 saturated carbocycles. The molecule has 142 valence electrons. The van der Waals surface area contributed by atoms with Crippen molar-refractivity contribution in [3.05, 3.63) is 59.8 Å². The highest BCUT2D eigenvalue weighted by atomic mass is 32.1. The zero-order valence-electron chi connectivity index (χ0n) is 13.5. The minimum atomic E-state index is -4.58. The molecule has 2 heterocycles. The fraction of sp³-hybridized carbons (Fsp3) is 0.188. The van der Waals surface area contributed by atoms with Gasteiger partial charge in [0.05, 0.1) is 0 Å². The topological polar surface area (TPSA) is 78.4 Å². The van der Waals surface area contributed by atoms with Gasteiger partial charge in [-0.1, -0.05) is 12.1 Å². The van der Waals surface area contributed by atoms with Crippen LogP contribution in [0.3, 0.4) is 0 Å². The van der Waals surface area contributed by atoms with E-state index in [2.05, 4.69) is 25.3 Å². The lowest BCUT2D eigenvalue weighted by atomic mass is 10.2. The van der Waals surface area contributed by atoms with Gasteiger partial charge in [-0.05, 0) is 29.2 Å². The number of carbonyl (C=O) groups is 1. The Morgan fingerprint density at radius 3 is 2.67 bits per heavy atom. The second-order valence-corrected chi connectivity index (χ2v) is 6.27. The molecule has 1 aliphatic heterocycles. The van der Waals surface area contributed by atoms with Crippen LogP contribution in [0.15, 0.2) is 47.7 Å². The van der Waals surface area contributed by atoms with Crippen LogP contribution in [0.4, 0.5) is 22.6 Å². The van der Waals surface area contributed by atoms with Crippen LogP contribution in [0.1, 0.15) is 11.3 Å². The normalized spacial score (nSPS) is 16.6. The van der Waals surface area contributed by atoms with Crippen LogP contribution in [-0.2, 0) is 17.5 Å². The number of aromatic nitrogens is 1. The lowest BCUT2D eigenvalue weighted by Gasteiger charge is -2.22. The molecule has 1 aromatic heterocycles. The summed E-state index contributed by atoms with van der Waals surface area (Å²) in [6.07, 6.45) is -2.37. The van der Waals surface area contributed by atoms with Crippen molar-refractivity contribution >= 4 is 28.2 Å². The van der Waals surface area contributed by atoms with Gasteiger partial charge in [-0.3, -0.25) is 15.1 Å². The van der Waals surface area contributed by atoms with E-state index in [0.717, 1.165) is 11.6 Å². The monoisotopic (exact) mass is 399 g/mol. The molecule has 2 aromatic rings. The van der Waals surface area contributed by atoms with Crippen LogP contribution < -0.4 is 16.0 Å². The Balaban J connectivity index is 1.64. The molecule has 0 bridgehead atoms. The van der Waals surface area contributed by atoms with Gasteiger partial charge in [-0.15, -0.1) is 0 Å². The van der Waals surface area contributed by atoms with Crippen molar-refractivity contribution in [2.24, 2.45) is 4.99 Å². The number of nitrogens with zero attached hydrogens (tertiary/aromatic N) is 2. The fourth-order valence-electron chi connectivity index (χ4n) is 2.22. The van der Waals surface area contributed by atoms with Gasteiger partial charge < -0.3 is 10.6 Å². The number of carbonyl (C=O) groups excluding carboxylic acids is 1. The van der Waals surface area contributed by atoms with Crippen molar-refractivity contribution < 1.29 is 22.4 Å². The summed E-state index contributed by atoms with van der Waals surface area (Å²) in [6, 6.07) is 6.57. The van der Waals surface area contributed by atoms with Gasteiger partial charge in [-0.25, -0.2) is 4.39 Å². The molecule has 0 radical (unpaired) electrons. The molecule has 27 heavy (non-hydrogen) atoms. The van der Waals surface area contributed by atoms with Crippen molar-refractivity contribution in [3.8, 4) is 0 Å². The van der Waals surface area contributed by atoms with Gasteiger partial charge in [0, 0.05) is 25.0 Å². The van der Waals surface area contributed by atoms with E-state index >= 15 is 0 Å². The lowest BCUT2D eigenvalue weighted by molar-refractivity contribution is -0.140. The van der Waals surface area contributed by atoms with E-state index in [9.17, 15) is 22.4 Å². The van der Waals surface area contributed by atoms with Crippen LogP contribution in [0, 0.1) is 5.82 Å². The number of hydrogen-bond donors (Lipinski definition) is 3. The maximum absolute atomic E-state index is 12.9. The third-order valence-electron chi connectivity index (χ3n) is 3.52. The predicted octanol–water partition coefficient (Wildman–Crippen LogP) is 2.87. The first-order chi connectivity index (χ1) is 12.8. The average Bonchev–Trinajstić information content (AvgIpc) is 3.10. The van der Waals surface area contributed by atoms with Gasteiger partial charge in [0.15, 0.2) is 5.69 Å². The van der Waals surface area contributed by atoms with E-state index in [1.807, 2.05) is 0 Å². The summed E-state index contributed by atoms with van der Waals surface area (Å²) in [6.45, 7) is 0.316. The molecule has 1 amide bonds. The van der Waals surface area contributed by atoms with E-state index in [-0.39, 0.29) is 16.5 Å². The Bertz CT molecular complexity index is 876. The van der Waals surface area contributed by atoms with E-state index in [4.69, 9.17) is 0 Å². The number of amides is 1. The Labute approximate surface area is 155 Å². The van der Waals surface area contributed by atoms with Gasteiger partial charge in [0.1, 0.15) is 22.7 Å². The molecule has 6 nitrogen and oxygen atoms in total. The van der Waals surface area contributed by atoms with Crippen molar-refractivity contribution in [2.75, 3.05) is 5.32 Å². The summed E-state index contributed by atoms with van der Waals surface area (Å²) in [5.41, 5.74) is -0.247. The third kappa shape index (κ3) is 4.89. The molecule has 11 heteroatoms. The summed E-state index contributed by atoms with van der Waals surface area (Å²) in [5.74, 6) is -1.03. The molecule has 0 aliphatic carbocycles. The smallest absolute Gasteiger partial charge is 0.369 e. The molecule has 3 rings (SSSR count). The lowest BCUT2D eigenvalue weighted by Crippen LogP contribution is -2.51. The maximum atomic E-state index is 12.9. The van der Waals surface area contributed by atoms with E-state index in [1.165, 1.54) is 24.5 Å². The Morgan fingerprint density at radius 2 is 2.00 bits per heavy atom. The molecule has 1 unspecified atom stereocenters. The Morgan fingerprint density at radius 1 is 1.26 bits per heavy atom. The number of nitrogens with one attached hydrogen (secondary N) is 3. The van der Waals surface area contributed by atoms with Crippen LogP contribution in [0.25, 0.3) is 0 Å². The Kier molecular flexibility index (Phi) is 5.51. The zero-order valence-corrected chi connectivity index (χ0v) is 14.4. The minimum absolute atomic E-state index is 0.0399. The Hall–Kier alpha value is -2.79. The first-order valence-electron chi connectivity index (χ1n) is 7.65. The standard InChI is InChI=1S/C16H13F4N5OS/c17-10-3-1-9(2-4-10)8-23-14-13(21-5-6-22-14)15(26)24-12-7-11(25-27-12)16(18,19)20/h1-7,14,22-23H,8H2,(H,24,26). The molecule has 1 aliphatic rings.